The van der Waals surface area contributed by atoms with Crippen LogP contribution in [0.5, 0.6) is 0 Å². The first-order valence-electron chi connectivity index (χ1n) is 6.88. The molecule has 1 atom stereocenters. The van der Waals surface area contributed by atoms with Crippen molar-refractivity contribution in [2.45, 2.75) is 50.6 Å². The topological polar surface area (TPSA) is 49.4 Å². The summed E-state index contributed by atoms with van der Waals surface area (Å²) in [5.41, 5.74) is 0. The van der Waals surface area contributed by atoms with Gasteiger partial charge in [0.25, 0.3) is 0 Å². The van der Waals surface area contributed by atoms with E-state index in [1.54, 1.807) is 0 Å². The molecular formula is C12H22N2O2S. The van der Waals surface area contributed by atoms with E-state index in [0.29, 0.717) is 17.7 Å². The largest absolute Gasteiger partial charge is 0.313 e. The Morgan fingerprint density at radius 2 is 1.88 bits per heavy atom. The fourth-order valence-corrected chi connectivity index (χ4v) is 4.74. The predicted octanol–water partition coefficient (Wildman–Crippen LogP) is 0.943. The van der Waals surface area contributed by atoms with Crippen molar-refractivity contribution in [2.75, 3.05) is 18.8 Å². The van der Waals surface area contributed by atoms with Gasteiger partial charge in [-0.1, -0.05) is 0 Å². The second-order valence-corrected chi connectivity index (χ2v) is 7.78. The SMILES string of the molecule is O=S(=O)(CC1CCCN1)N(CC1CC1)C1CC1. The van der Waals surface area contributed by atoms with E-state index in [2.05, 4.69) is 5.32 Å². The lowest BCUT2D eigenvalue weighted by atomic mass is 10.3. The summed E-state index contributed by atoms with van der Waals surface area (Å²) in [7, 11) is -3.03. The van der Waals surface area contributed by atoms with E-state index in [9.17, 15) is 8.42 Å². The van der Waals surface area contributed by atoms with Gasteiger partial charge < -0.3 is 5.32 Å². The molecule has 1 saturated heterocycles. The molecule has 0 aromatic heterocycles. The zero-order chi connectivity index (χ0) is 11.9. The number of rotatable bonds is 6. The van der Waals surface area contributed by atoms with Gasteiger partial charge in [0.05, 0.1) is 5.75 Å². The van der Waals surface area contributed by atoms with Gasteiger partial charge in [0.15, 0.2) is 0 Å². The molecule has 1 unspecified atom stereocenters. The van der Waals surface area contributed by atoms with Gasteiger partial charge in [-0.3, -0.25) is 0 Å². The van der Waals surface area contributed by atoms with Crippen LogP contribution < -0.4 is 5.32 Å². The van der Waals surface area contributed by atoms with Crippen molar-refractivity contribution in [1.29, 1.82) is 0 Å². The molecule has 1 heterocycles. The molecule has 17 heavy (non-hydrogen) atoms. The molecule has 0 amide bonds. The highest BCUT2D eigenvalue weighted by Crippen LogP contribution is 2.36. The molecule has 5 heteroatoms. The lowest BCUT2D eigenvalue weighted by molar-refractivity contribution is 0.385. The van der Waals surface area contributed by atoms with Crippen molar-refractivity contribution < 1.29 is 8.42 Å². The molecule has 1 aliphatic heterocycles. The van der Waals surface area contributed by atoms with Crippen LogP contribution in [-0.4, -0.2) is 43.6 Å². The van der Waals surface area contributed by atoms with Gasteiger partial charge in [0, 0.05) is 18.6 Å². The quantitative estimate of drug-likeness (QED) is 0.771. The number of hydrogen-bond acceptors (Lipinski definition) is 3. The first kappa shape index (κ1) is 11.9. The Morgan fingerprint density at radius 1 is 1.12 bits per heavy atom. The Kier molecular flexibility index (Phi) is 3.17. The van der Waals surface area contributed by atoms with Gasteiger partial charge in [0.2, 0.25) is 10.0 Å². The zero-order valence-electron chi connectivity index (χ0n) is 10.3. The van der Waals surface area contributed by atoms with Crippen LogP contribution >= 0.6 is 0 Å². The van der Waals surface area contributed by atoms with Crippen LogP contribution in [0, 0.1) is 5.92 Å². The standard InChI is InChI=1S/C12H22N2O2S/c15-17(16,9-11-2-1-7-13-11)14(12-5-6-12)8-10-3-4-10/h10-13H,1-9H2. The summed E-state index contributed by atoms with van der Waals surface area (Å²) in [6.45, 7) is 1.77. The number of nitrogens with one attached hydrogen (secondary N) is 1. The normalized spacial score (nSPS) is 30.1. The van der Waals surface area contributed by atoms with Crippen LogP contribution in [0.3, 0.4) is 0 Å². The van der Waals surface area contributed by atoms with Crippen molar-refractivity contribution in [3.8, 4) is 0 Å². The molecule has 0 radical (unpaired) electrons. The van der Waals surface area contributed by atoms with E-state index in [4.69, 9.17) is 0 Å². The van der Waals surface area contributed by atoms with Crippen LogP contribution in [0.25, 0.3) is 0 Å². The number of nitrogens with zero attached hydrogens (tertiary/aromatic N) is 1. The Morgan fingerprint density at radius 3 is 2.41 bits per heavy atom. The number of hydrogen-bond donors (Lipinski definition) is 1. The molecule has 3 fully saturated rings. The Bertz CT molecular complexity index is 368. The molecular weight excluding hydrogens is 236 g/mol. The molecule has 0 bridgehead atoms. The van der Waals surface area contributed by atoms with Gasteiger partial charge in [0.1, 0.15) is 0 Å². The van der Waals surface area contributed by atoms with E-state index in [-0.39, 0.29) is 6.04 Å². The Hall–Kier alpha value is -0.130. The second-order valence-electron chi connectivity index (χ2n) is 5.82. The highest BCUT2D eigenvalue weighted by Gasteiger charge is 2.41. The van der Waals surface area contributed by atoms with Crippen molar-refractivity contribution in [3.63, 3.8) is 0 Å². The predicted molar refractivity (Wildman–Crippen MR) is 67.3 cm³/mol. The minimum Gasteiger partial charge on any atom is -0.313 e. The van der Waals surface area contributed by atoms with Crippen molar-refractivity contribution in [1.82, 2.24) is 9.62 Å². The molecule has 4 nitrogen and oxygen atoms in total. The van der Waals surface area contributed by atoms with E-state index < -0.39 is 10.0 Å². The molecule has 2 saturated carbocycles. The Balaban J connectivity index is 1.64. The summed E-state index contributed by atoms with van der Waals surface area (Å²) in [5, 5.41) is 3.29. The molecule has 98 valence electrons. The lowest BCUT2D eigenvalue weighted by Crippen LogP contribution is -2.41. The van der Waals surface area contributed by atoms with Crippen molar-refractivity contribution in [3.05, 3.63) is 0 Å². The molecule has 0 spiro atoms. The maximum absolute atomic E-state index is 12.4. The van der Waals surface area contributed by atoms with Crippen LogP contribution in [0.4, 0.5) is 0 Å². The summed E-state index contributed by atoms with van der Waals surface area (Å²) in [5.74, 6) is 0.970. The monoisotopic (exact) mass is 258 g/mol. The fourth-order valence-electron chi connectivity index (χ4n) is 2.66. The molecule has 0 aromatic rings. The summed E-state index contributed by atoms with van der Waals surface area (Å²) in [4.78, 5) is 0. The third-order valence-corrected chi connectivity index (χ3v) is 6.01. The highest BCUT2D eigenvalue weighted by atomic mass is 32.2. The third kappa shape index (κ3) is 3.01. The van der Waals surface area contributed by atoms with Gasteiger partial charge in [-0.25, -0.2) is 8.42 Å². The van der Waals surface area contributed by atoms with Gasteiger partial charge in [-0.2, -0.15) is 4.31 Å². The lowest BCUT2D eigenvalue weighted by Gasteiger charge is -2.23. The molecule has 3 rings (SSSR count). The van der Waals surface area contributed by atoms with Gasteiger partial charge in [-0.15, -0.1) is 0 Å². The minimum absolute atomic E-state index is 0.195. The highest BCUT2D eigenvalue weighted by molar-refractivity contribution is 7.89. The van der Waals surface area contributed by atoms with Crippen molar-refractivity contribution >= 4 is 10.0 Å². The summed E-state index contributed by atoms with van der Waals surface area (Å²) in [6.07, 6.45) is 6.72. The van der Waals surface area contributed by atoms with E-state index in [1.165, 1.54) is 12.8 Å². The van der Waals surface area contributed by atoms with Crippen LogP contribution in [0.15, 0.2) is 0 Å². The summed E-state index contributed by atoms with van der Waals surface area (Å²) >= 11 is 0. The molecule has 1 N–H and O–H groups in total. The molecule has 2 aliphatic carbocycles. The minimum atomic E-state index is -3.03. The first-order chi connectivity index (χ1) is 8.15. The van der Waals surface area contributed by atoms with E-state index in [0.717, 1.165) is 38.8 Å². The van der Waals surface area contributed by atoms with Crippen molar-refractivity contribution in [2.24, 2.45) is 5.92 Å². The zero-order valence-corrected chi connectivity index (χ0v) is 11.1. The average molecular weight is 258 g/mol. The third-order valence-electron chi connectivity index (χ3n) is 4.02. The maximum Gasteiger partial charge on any atom is 0.215 e. The smallest absolute Gasteiger partial charge is 0.215 e. The van der Waals surface area contributed by atoms with E-state index >= 15 is 0 Å². The van der Waals surface area contributed by atoms with Crippen LogP contribution in [0.2, 0.25) is 0 Å². The average Bonchev–Trinajstić information content (AvgIpc) is 3.17. The van der Waals surface area contributed by atoms with Crippen LogP contribution in [0.1, 0.15) is 38.5 Å². The second kappa shape index (κ2) is 4.52. The molecule has 0 aromatic carbocycles. The summed E-state index contributed by atoms with van der Waals surface area (Å²) in [6, 6.07) is 0.530. The summed E-state index contributed by atoms with van der Waals surface area (Å²) < 4.78 is 26.7. The number of sulfonamides is 1. The maximum atomic E-state index is 12.4. The van der Waals surface area contributed by atoms with E-state index in [1.807, 2.05) is 4.31 Å². The van der Waals surface area contributed by atoms with Gasteiger partial charge >= 0.3 is 0 Å². The first-order valence-corrected chi connectivity index (χ1v) is 8.49. The Labute approximate surface area is 104 Å². The molecule has 3 aliphatic rings. The fraction of sp³-hybridized carbons (Fsp3) is 1.00. The van der Waals surface area contributed by atoms with Crippen LogP contribution in [-0.2, 0) is 10.0 Å². The van der Waals surface area contributed by atoms with Gasteiger partial charge in [-0.05, 0) is 51.0 Å².